The van der Waals surface area contributed by atoms with E-state index in [2.05, 4.69) is 10.3 Å². The molecular weight excluding hydrogens is 218 g/mol. The van der Waals surface area contributed by atoms with Crippen LogP contribution < -0.4 is 10.9 Å². The maximum Gasteiger partial charge on any atom is 0.293 e. The predicted molar refractivity (Wildman–Crippen MR) is 64.9 cm³/mol. The van der Waals surface area contributed by atoms with Crippen LogP contribution in [0.25, 0.3) is 0 Å². The molecule has 0 fully saturated rings. The highest BCUT2D eigenvalue weighted by atomic mass is 16.3. The highest BCUT2D eigenvalue weighted by molar-refractivity contribution is 5.34. The molecule has 2 N–H and O–H groups in total. The predicted octanol–water partition coefficient (Wildman–Crippen LogP) is 1.10. The molecule has 2 rings (SSSR count). The van der Waals surface area contributed by atoms with Crippen molar-refractivity contribution in [3.05, 3.63) is 52.6 Å². The van der Waals surface area contributed by atoms with Crippen molar-refractivity contribution in [1.82, 2.24) is 9.55 Å². The van der Waals surface area contributed by atoms with Crippen LogP contribution >= 0.6 is 0 Å². The van der Waals surface area contributed by atoms with Gasteiger partial charge in [0.25, 0.3) is 5.56 Å². The minimum absolute atomic E-state index is 0.161. The molecule has 1 aromatic heterocycles. The summed E-state index contributed by atoms with van der Waals surface area (Å²) in [4.78, 5) is 15.6. The van der Waals surface area contributed by atoms with Gasteiger partial charge in [-0.05, 0) is 17.7 Å². The summed E-state index contributed by atoms with van der Waals surface area (Å²) < 4.78 is 1.46. The van der Waals surface area contributed by atoms with Gasteiger partial charge in [-0.2, -0.15) is 0 Å². The van der Waals surface area contributed by atoms with Gasteiger partial charge >= 0.3 is 0 Å². The largest absolute Gasteiger partial charge is 0.508 e. The van der Waals surface area contributed by atoms with Gasteiger partial charge in [-0.25, -0.2) is 4.98 Å². The van der Waals surface area contributed by atoms with Gasteiger partial charge in [-0.15, -0.1) is 0 Å². The summed E-state index contributed by atoms with van der Waals surface area (Å²) in [7, 11) is 1.68. The quantitative estimate of drug-likeness (QED) is 0.830. The maximum atomic E-state index is 11.6. The second kappa shape index (κ2) is 4.69. The molecule has 0 atom stereocenters. The van der Waals surface area contributed by atoms with E-state index >= 15 is 0 Å². The van der Waals surface area contributed by atoms with E-state index in [1.165, 1.54) is 4.57 Å². The van der Waals surface area contributed by atoms with Crippen molar-refractivity contribution >= 4 is 5.82 Å². The van der Waals surface area contributed by atoms with Crippen LogP contribution in [0, 0.1) is 0 Å². The number of hydrogen-bond donors (Lipinski definition) is 2. The molecule has 0 unspecified atom stereocenters. The lowest BCUT2D eigenvalue weighted by Crippen LogP contribution is -2.21. The molecule has 5 nitrogen and oxygen atoms in total. The lowest BCUT2D eigenvalue weighted by molar-refractivity contribution is 0.475. The van der Waals surface area contributed by atoms with E-state index in [9.17, 15) is 4.79 Å². The second-order valence-corrected chi connectivity index (χ2v) is 3.71. The molecule has 17 heavy (non-hydrogen) atoms. The van der Waals surface area contributed by atoms with Crippen molar-refractivity contribution in [2.24, 2.45) is 7.05 Å². The molecule has 1 heterocycles. The van der Waals surface area contributed by atoms with Crippen molar-refractivity contribution in [2.75, 3.05) is 5.32 Å². The van der Waals surface area contributed by atoms with E-state index in [0.717, 1.165) is 5.56 Å². The number of aromatic hydroxyl groups is 1. The fraction of sp³-hybridized carbons (Fsp3) is 0.167. The average molecular weight is 231 g/mol. The third kappa shape index (κ3) is 2.63. The molecule has 0 aliphatic rings. The van der Waals surface area contributed by atoms with Crippen LogP contribution in [0.3, 0.4) is 0 Å². The van der Waals surface area contributed by atoms with Crippen LogP contribution in [0.5, 0.6) is 5.75 Å². The Balaban J connectivity index is 2.10. The van der Waals surface area contributed by atoms with Crippen molar-refractivity contribution in [1.29, 1.82) is 0 Å². The van der Waals surface area contributed by atoms with Gasteiger partial charge in [0.2, 0.25) is 0 Å². The Bertz CT molecular complexity index is 561. The van der Waals surface area contributed by atoms with E-state index in [0.29, 0.717) is 12.4 Å². The summed E-state index contributed by atoms with van der Waals surface area (Å²) in [5.74, 6) is 0.547. The molecule has 0 amide bonds. The highest BCUT2D eigenvalue weighted by Gasteiger charge is 2.01. The lowest BCUT2D eigenvalue weighted by atomic mass is 10.2. The van der Waals surface area contributed by atoms with E-state index in [4.69, 9.17) is 5.11 Å². The van der Waals surface area contributed by atoms with Gasteiger partial charge in [-0.1, -0.05) is 12.1 Å². The third-order valence-electron chi connectivity index (χ3n) is 2.41. The van der Waals surface area contributed by atoms with Crippen LogP contribution in [-0.2, 0) is 13.6 Å². The molecule has 0 saturated carbocycles. The summed E-state index contributed by atoms with van der Waals surface area (Å²) in [6.07, 6.45) is 3.18. The molecule has 0 saturated heterocycles. The van der Waals surface area contributed by atoms with Gasteiger partial charge in [0.05, 0.1) is 0 Å². The first-order chi connectivity index (χ1) is 8.16. The number of nitrogens with one attached hydrogen (secondary N) is 1. The number of aryl methyl sites for hydroxylation is 1. The zero-order chi connectivity index (χ0) is 12.3. The SMILES string of the molecule is Cn1ccnc(NCc2ccc(O)cc2)c1=O. The van der Waals surface area contributed by atoms with Gasteiger partial charge in [0, 0.05) is 26.0 Å². The summed E-state index contributed by atoms with van der Waals surface area (Å²) in [6.45, 7) is 0.493. The van der Waals surface area contributed by atoms with Crippen LogP contribution in [0.1, 0.15) is 5.56 Å². The number of hydrogen-bond acceptors (Lipinski definition) is 4. The molecule has 0 bridgehead atoms. The van der Waals surface area contributed by atoms with Gasteiger partial charge in [0.1, 0.15) is 5.75 Å². The number of phenolic OH excluding ortho intramolecular Hbond substituents is 1. The minimum Gasteiger partial charge on any atom is -0.508 e. The number of rotatable bonds is 3. The summed E-state index contributed by atoms with van der Waals surface area (Å²) >= 11 is 0. The number of aromatic nitrogens is 2. The monoisotopic (exact) mass is 231 g/mol. The Labute approximate surface area is 98.4 Å². The van der Waals surface area contributed by atoms with Crippen LogP contribution in [0.15, 0.2) is 41.5 Å². The zero-order valence-corrected chi connectivity index (χ0v) is 9.42. The zero-order valence-electron chi connectivity index (χ0n) is 9.42. The van der Waals surface area contributed by atoms with E-state index in [-0.39, 0.29) is 11.3 Å². The first kappa shape index (κ1) is 11.2. The molecule has 2 aromatic rings. The third-order valence-corrected chi connectivity index (χ3v) is 2.41. The highest BCUT2D eigenvalue weighted by Crippen LogP contribution is 2.10. The van der Waals surface area contributed by atoms with E-state index < -0.39 is 0 Å². The molecular formula is C12H13N3O2. The Morgan fingerprint density at radius 2 is 2.06 bits per heavy atom. The molecule has 1 aromatic carbocycles. The van der Waals surface area contributed by atoms with E-state index in [1.807, 2.05) is 0 Å². The Morgan fingerprint density at radius 3 is 2.76 bits per heavy atom. The molecule has 5 heteroatoms. The maximum absolute atomic E-state index is 11.6. The minimum atomic E-state index is -0.161. The van der Waals surface area contributed by atoms with Gasteiger partial charge in [-0.3, -0.25) is 4.79 Å². The van der Waals surface area contributed by atoms with Crippen molar-refractivity contribution in [3.8, 4) is 5.75 Å². The summed E-state index contributed by atoms with van der Waals surface area (Å²) in [5.41, 5.74) is 0.807. The molecule has 0 radical (unpaired) electrons. The van der Waals surface area contributed by atoms with Crippen molar-refractivity contribution < 1.29 is 5.11 Å². The van der Waals surface area contributed by atoms with Crippen LogP contribution in [0.4, 0.5) is 5.82 Å². The Morgan fingerprint density at radius 1 is 1.35 bits per heavy atom. The van der Waals surface area contributed by atoms with Gasteiger partial charge in [0.15, 0.2) is 5.82 Å². The smallest absolute Gasteiger partial charge is 0.293 e. The standard InChI is InChI=1S/C12H13N3O2/c1-15-7-6-13-11(12(15)17)14-8-9-2-4-10(16)5-3-9/h2-7,16H,8H2,1H3,(H,13,14). The topological polar surface area (TPSA) is 67.2 Å². The molecule has 0 aliphatic heterocycles. The fourth-order valence-electron chi connectivity index (χ4n) is 1.42. The molecule has 0 spiro atoms. The number of nitrogens with zero attached hydrogens (tertiary/aromatic N) is 2. The van der Waals surface area contributed by atoms with Gasteiger partial charge < -0.3 is 15.0 Å². The number of anilines is 1. The van der Waals surface area contributed by atoms with E-state index in [1.54, 1.807) is 43.7 Å². The summed E-state index contributed by atoms with van der Waals surface area (Å²) in [5, 5.41) is 12.1. The van der Waals surface area contributed by atoms with Crippen LogP contribution in [0.2, 0.25) is 0 Å². The first-order valence-electron chi connectivity index (χ1n) is 5.20. The van der Waals surface area contributed by atoms with Crippen LogP contribution in [-0.4, -0.2) is 14.7 Å². The normalized spacial score (nSPS) is 10.2. The second-order valence-electron chi connectivity index (χ2n) is 3.71. The van der Waals surface area contributed by atoms with Crippen molar-refractivity contribution in [2.45, 2.75) is 6.54 Å². The number of benzene rings is 1. The molecule has 0 aliphatic carbocycles. The molecule has 88 valence electrons. The number of phenols is 1. The van der Waals surface area contributed by atoms with Crippen molar-refractivity contribution in [3.63, 3.8) is 0 Å². The lowest BCUT2D eigenvalue weighted by Gasteiger charge is -2.06. The first-order valence-corrected chi connectivity index (χ1v) is 5.20. The average Bonchev–Trinajstić information content (AvgIpc) is 2.33. The Hall–Kier alpha value is -2.30. The Kier molecular flexibility index (Phi) is 3.09. The fourth-order valence-corrected chi connectivity index (χ4v) is 1.42. The summed E-state index contributed by atoms with van der Waals surface area (Å²) in [6, 6.07) is 6.78.